The molecule has 3 fully saturated rings. The SMILES string of the molecule is O=C(COc1ccc(Nc2nc(NC3CCCC3)nc(NN3C(=O)/C(=C/c4ccsc4)SC3=S)n2)cc1)NC1CCCC1. The maximum atomic E-state index is 13.2. The number of thiophene rings is 1. The summed E-state index contributed by atoms with van der Waals surface area (Å²) in [7, 11) is 0. The molecular formula is C29H32N8O3S3. The molecule has 3 aromatic rings. The van der Waals surface area contributed by atoms with Gasteiger partial charge in [0.2, 0.25) is 17.8 Å². The van der Waals surface area contributed by atoms with Gasteiger partial charge in [-0.25, -0.2) is 0 Å². The molecule has 0 atom stereocenters. The monoisotopic (exact) mass is 636 g/mol. The van der Waals surface area contributed by atoms with Crippen LogP contribution in [0.5, 0.6) is 5.75 Å². The van der Waals surface area contributed by atoms with Crippen LogP contribution in [0.25, 0.3) is 6.08 Å². The van der Waals surface area contributed by atoms with Gasteiger partial charge in [0.05, 0.1) is 4.91 Å². The van der Waals surface area contributed by atoms with Crippen LogP contribution in [0, 0.1) is 0 Å². The highest BCUT2D eigenvalue weighted by Gasteiger charge is 2.33. The lowest BCUT2D eigenvalue weighted by molar-refractivity contribution is -0.124. The van der Waals surface area contributed by atoms with Crippen molar-refractivity contribution in [3.05, 3.63) is 51.6 Å². The maximum Gasteiger partial charge on any atom is 0.285 e. The van der Waals surface area contributed by atoms with Crippen molar-refractivity contribution >= 4 is 81.1 Å². The van der Waals surface area contributed by atoms with Crippen LogP contribution in [0.2, 0.25) is 0 Å². The fourth-order valence-electron chi connectivity index (χ4n) is 5.22. The second kappa shape index (κ2) is 13.7. The molecule has 0 radical (unpaired) electrons. The summed E-state index contributed by atoms with van der Waals surface area (Å²) in [4.78, 5) is 39.5. The number of nitrogens with zero attached hydrogens (tertiary/aromatic N) is 4. The number of hydrogen-bond acceptors (Lipinski definition) is 12. The molecule has 2 aliphatic carbocycles. The summed E-state index contributed by atoms with van der Waals surface area (Å²) in [6, 6.07) is 9.69. The van der Waals surface area contributed by atoms with Gasteiger partial charge in [-0.3, -0.25) is 15.0 Å². The van der Waals surface area contributed by atoms with Gasteiger partial charge in [0.1, 0.15) is 5.75 Å². The molecule has 1 saturated heterocycles. The highest BCUT2D eigenvalue weighted by molar-refractivity contribution is 8.26. The number of aromatic nitrogens is 3. The third-order valence-electron chi connectivity index (χ3n) is 7.37. The first kappa shape index (κ1) is 29.3. The normalized spacial score (nSPS) is 18.4. The fraction of sp³-hybridized carbons (Fsp3) is 0.379. The van der Waals surface area contributed by atoms with E-state index in [-0.39, 0.29) is 36.5 Å². The molecule has 3 heterocycles. The summed E-state index contributed by atoms with van der Waals surface area (Å²) in [5.74, 6) is 1.08. The number of amides is 2. The van der Waals surface area contributed by atoms with Crippen LogP contribution in [0.4, 0.5) is 23.5 Å². The van der Waals surface area contributed by atoms with Crippen LogP contribution in [-0.2, 0) is 9.59 Å². The summed E-state index contributed by atoms with van der Waals surface area (Å²) in [5.41, 5.74) is 4.65. The number of carbonyl (C=O) groups excluding carboxylic acids is 2. The molecule has 6 rings (SSSR count). The number of rotatable bonds is 11. The van der Waals surface area contributed by atoms with Crippen molar-refractivity contribution < 1.29 is 14.3 Å². The Morgan fingerprint density at radius 2 is 1.67 bits per heavy atom. The average Bonchev–Trinajstić information content (AvgIpc) is 3.82. The third kappa shape index (κ3) is 7.80. The smallest absolute Gasteiger partial charge is 0.285 e. The molecule has 43 heavy (non-hydrogen) atoms. The average molecular weight is 637 g/mol. The van der Waals surface area contributed by atoms with Crippen molar-refractivity contribution in [3.8, 4) is 5.75 Å². The molecule has 0 spiro atoms. The van der Waals surface area contributed by atoms with Crippen molar-refractivity contribution in [1.82, 2.24) is 25.3 Å². The number of benzene rings is 1. The fourth-order valence-corrected chi connectivity index (χ4v) is 7.02. The molecule has 2 amide bonds. The number of anilines is 4. The molecule has 11 nitrogen and oxygen atoms in total. The summed E-state index contributed by atoms with van der Waals surface area (Å²) in [5, 5.41) is 14.8. The third-order valence-corrected chi connectivity index (χ3v) is 9.37. The summed E-state index contributed by atoms with van der Waals surface area (Å²) in [6.07, 6.45) is 10.6. The molecular weight excluding hydrogens is 605 g/mol. The van der Waals surface area contributed by atoms with Gasteiger partial charge in [-0.2, -0.15) is 31.3 Å². The molecule has 1 aliphatic heterocycles. The molecule has 4 N–H and O–H groups in total. The molecule has 2 aromatic heterocycles. The lowest BCUT2D eigenvalue weighted by Gasteiger charge is -2.18. The van der Waals surface area contributed by atoms with E-state index >= 15 is 0 Å². The molecule has 224 valence electrons. The quantitative estimate of drug-likeness (QED) is 0.153. The zero-order chi connectivity index (χ0) is 29.6. The molecule has 1 aromatic carbocycles. The van der Waals surface area contributed by atoms with Crippen LogP contribution < -0.4 is 26.1 Å². The Bertz CT molecular complexity index is 1490. The standard InChI is InChI=1S/C29H32N8O3S3/c38-24(30-19-5-1-2-6-19)16-40-22-11-9-21(10-12-22)32-27-33-26(31-20-7-3-4-8-20)34-28(35-27)36-37-25(39)23(43-29(37)41)15-18-13-14-42-17-18/h9-15,17,19-20H,1-8,16H2,(H,30,38)(H3,31,32,33,34,35,36)/b23-15-. The first-order chi connectivity index (χ1) is 21.0. The largest absolute Gasteiger partial charge is 0.484 e. The number of ether oxygens (including phenoxy) is 1. The summed E-state index contributed by atoms with van der Waals surface area (Å²) < 4.78 is 6.04. The summed E-state index contributed by atoms with van der Waals surface area (Å²) in [6.45, 7) is -0.0263. The van der Waals surface area contributed by atoms with E-state index < -0.39 is 0 Å². The van der Waals surface area contributed by atoms with Gasteiger partial charge in [-0.1, -0.05) is 37.4 Å². The molecule has 14 heteroatoms. The van der Waals surface area contributed by atoms with Crippen LogP contribution in [-0.4, -0.2) is 54.8 Å². The van der Waals surface area contributed by atoms with E-state index in [1.165, 1.54) is 16.8 Å². The predicted molar refractivity (Wildman–Crippen MR) is 174 cm³/mol. The van der Waals surface area contributed by atoms with Gasteiger partial charge >= 0.3 is 0 Å². The van der Waals surface area contributed by atoms with E-state index in [0.29, 0.717) is 26.9 Å². The van der Waals surface area contributed by atoms with Crippen molar-refractivity contribution in [2.45, 2.75) is 63.5 Å². The van der Waals surface area contributed by atoms with E-state index in [2.05, 4.69) is 36.3 Å². The number of thiocarbonyl (C=S) groups is 1. The number of carbonyl (C=O) groups is 2. The van der Waals surface area contributed by atoms with E-state index in [9.17, 15) is 9.59 Å². The number of thioether (sulfide) groups is 1. The minimum Gasteiger partial charge on any atom is -0.484 e. The van der Waals surface area contributed by atoms with E-state index in [1.54, 1.807) is 23.5 Å². The van der Waals surface area contributed by atoms with Gasteiger partial charge in [0.25, 0.3) is 11.8 Å². The Balaban J connectivity index is 1.13. The Kier molecular flexibility index (Phi) is 9.34. The van der Waals surface area contributed by atoms with Crippen LogP contribution in [0.3, 0.4) is 0 Å². The minimum atomic E-state index is -0.270. The minimum absolute atomic E-state index is 0.0263. The topological polar surface area (TPSA) is 133 Å². The number of hydrogen-bond donors (Lipinski definition) is 4. The first-order valence-electron chi connectivity index (χ1n) is 14.4. The number of hydrazine groups is 1. The van der Waals surface area contributed by atoms with Gasteiger partial charge in [-0.15, -0.1) is 0 Å². The van der Waals surface area contributed by atoms with Crippen molar-refractivity contribution in [2.24, 2.45) is 0 Å². The maximum absolute atomic E-state index is 13.2. The van der Waals surface area contributed by atoms with Gasteiger partial charge in [-0.05, 0) is 90.6 Å². The van der Waals surface area contributed by atoms with Crippen LogP contribution >= 0.6 is 35.3 Å². The second-order valence-electron chi connectivity index (χ2n) is 10.6. The van der Waals surface area contributed by atoms with Crippen LogP contribution in [0.15, 0.2) is 46.0 Å². The highest BCUT2D eigenvalue weighted by Crippen LogP contribution is 2.33. The van der Waals surface area contributed by atoms with Crippen LogP contribution in [0.1, 0.15) is 56.9 Å². The number of nitrogens with one attached hydrogen (secondary N) is 4. The van der Waals surface area contributed by atoms with Gasteiger partial charge < -0.3 is 20.7 Å². The lowest BCUT2D eigenvalue weighted by Crippen LogP contribution is -2.36. The zero-order valence-electron chi connectivity index (χ0n) is 23.4. The predicted octanol–water partition coefficient (Wildman–Crippen LogP) is 5.70. The Labute approximate surface area is 263 Å². The van der Waals surface area contributed by atoms with Crippen molar-refractivity contribution in [3.63, 3.8) is 0 Å². The van der Waals surface area contributed by atoms with Crippen molar-refractivity contribution in [1.29, 1.82) is 0 Å². The Morgan fingerprint density at radius 1 is 0.977 bits per heavy atom. The highest BCUT2D eigenvalue weighted by atomic mass is 32.2. The second-order valence-corrected chi connectivity index (χ2v) is 13.1. The lowest BCUT2D eigenvalue weighted by atomic mass is 10.2. The zero-order valence-corrected chi connectivity index (χ0v) is 25.8. The molecule has 0 bridgehead atoms. The molecule has 3 aliphatic rings. The molecule has 2 saturated carbocycles. The van der Waals surface area contributed by atoms with Gasteiger partial charge in [0, 0.05) is 17.8 Å². The van der Waals surface area contributed by atoms with E-state index in [4.69, 9.17) is 17.0 Å². The Morgan fingerprint density at radius 3 is 2.40 bits per heavy atom. The summed E-state index contributed by atoms with van der Waals surface area (Å²) >= 11 is 8.27. The van der Waals surface area contributed by atoms with E-state index in [0.717, 1.165) is 62.6 Å². The van der Waals surface area contributed by atoms with Crippen molar-refractivity contribution in [2.75, 3.05) is 22.7 Å². The Hall–Kier alpha value is -3.75. The van der Waals surface area contributed by atoms with E-state index in [1.807, 2.05) is 35.0 Å². The first-order valence-corrected chi connectivity index (χ1v) is 16.5. The van der Waals surface area contributed by atoms with Gasteiger partial charge in [0.15, 0.2) is 10.9 Å². The molecule has 0 unspecified atom stereocenters.